The predicted octanol–water partition coefficient (Wildman–Crippen LogP) is 8.65. The van der Waals surface area contributed by atoms with Gasteiger partial charge in [0.05, 0.1) is 0 Å². The van der Waals surface area contributed by atoms with Gasteiger partial charge in [-0.2, -0.15) is 0 Å². The van der Waals surface area contributed by atoms with E-state index in [1.165, 1.54) is 57.8 Å². The highest BCUT2D eigenvalue weighted by Gasteiger charge is 2.37. The molecule has 0 unspecified atom stereocenters. The van der Waals surface area contributed by atoms with Crippen molar-refractivity contribution in [3.8, 4) is 0 Å². The normalized spacial score (nSPS) is 17.0. The van der Waals surface area contributed by atoms with Gasteiger partial charge in [-0.25, -0.2) is 0 Å². The van der Waals surface area contributed by atoms with Crippen molar-refractivity contribution in [2.24, 2.45) is 23.7 Å². The van der Waals surface area contributed by atoms with Crippen molar-refractivity contribution in [1.82, 2.24) is 0 Å². The lowest BCUT2D eigenvalue weighted by molar-refractivity contribution is -0.108. The Morgan fingerprint density at radius 1 is 0.724 bits per heavy atom. The quantitative estimate of drug-likeness (QED) is 0.172. The largest absolute Gasteiger partial charge is 0.417 e. The summed E-state index contributed by atoms with van der Waals surface area (Å²) < 4.78 is 6.39. The summed E-state index contributed by atoms with van der Waals surface area (Å²) in [6, 6.07) is 0. The highest BCUT2D eigenvalue weighted by atomic mass is 28.4. The van der Waals surface area contributed by atoms with Crippen molar-refractivity contribution >= 4 is 14.6 Å². The molecule has 0 fully saturated rings. The molecule has 29 heavy (non-hydrogen) atoms. The van der Waals surface area contributed by atoms with Gasteiger partial charge in [-0.3, -0.25) is 0 Å². The topological polar surface area (TPSA) is 26.3 Å². The molecule has 0 aromatic heterocycles. The molecular weight excluding hydrogens is 372 g/mol. The number of hydrogen-bond acceptors (Lipinski definition) is 2. The van der Waals surface area contributed by atoms with Crippen molar-refractivity contribution in [3.05, 3.63) is 0 Å². The van der Waals surface area contributed by atoms with Crippen LogP contribution in [0.5, 0.6) is 0 Å². The summed E-state index contributed by atoms with van der Waals surface area (Å²) >= 11 is 0. The molecule has 0 heterocycles. The maximum Gasteiger partial charge on any atom is 0.191 e. The van der Waals surface area contributed by atoms with Gasteiger partial charge in [-0.1, -0.05) is 99.8 Å². The first-order valence-electron chi connectivity index (χ1n) is 12.5. The SMILES string of the molecule is C[C@H](CCC[C@H](C)CCC[C@H](C)CO[Si](C)(C)C(C)(C)C)CCC[C@@H](C)CC=O. The Hall–Kier alpha value is -0.153. The Morgan fingerprint density at radius 3 is 1.48 bits per heavy atom. The van der Waals surface area contributed by atoms with E-state index in [4.69, 9.17) is 4.43 Å². The second-order valence-electron chi connectivity index (χ2n) is 11.7. The lowest BCUT2D eigenvalue weighted by Crippen LogP contribution is -2.41. The third-order valence-corrected chi connectivity index (χ3v) is 11.7. The summed E-state index contributed by atoms with van der Waals surface area (Å²) in [4.78, 5) is 10.5. The van der Waals surface area contributed by atoms with Crippen LogP contribution in [-0.2, 0) is 9.22 Å². The zero-order valence-electron chi connectivity index (χ0n) is 21.5. The molecule has 4 atom stereocenters. The molecule has 0 aliphatic rings. The third kappa shape index (κ3) is 14.5. The average molecular weight is 427 g/mol. The van der Waals surface area contributed by atoms with Gasteiger partial charge in [0.1, 0.15) is 6.29 Å². The molecule has 0 aliphatic carbocycles. The maximum atomic E-state index is 10.5. The molecule has 0 bridgehead atoms. The smallest absolute Gasteiger partial charge is 0.191 e. The van der Waals surface area contributed by atoms with Crippen LogP contribution in [0.1, 0.15) is 113 Å². The van der Waals surface area contributed by atoms with E-state index in [-0.39, 0.29) is 0 Å². The van der Waals surface area contributed by atoms with Gasteiger partial charge in [0.15, 0.2) is 8.32 Å². The first-order valence-corrected chi connectivity index (χ1v) is 15.4. The van der Waals surface area contributed by atoms with Gasteiger partial charge in [0.2, 0.25) is 0 Å². The summed E-state index contributed by atoms with van der Waals surface area (Å²) in [5.74, 6) is 2.92. The molecule has 0 aliphatic heterocycles. The first kappa shape index (κ1) is 28.8. The van der Waals surface area contributed by atoms with E-state index in [0.29, 0.717) is 16.9 Å². The van der Waals surface area contributed by atoms with Gasteiger partial charge in [-0.05, 0) is 48.2 Å². The van der Waals surface area contributed by atoms with E-state index in [2.05, 4.69) is 61.6 Å². The van der Waals surface area contributed by atoms with E-state index >= 15 is 0 Å². The minimum atomic E-state index is -1.59. The molecule has 0 rings (SSSR count). The fourth-order valence-electron chi connectivity index (χ4n) is 3.67. The lowest BCUT2D eigenvalue weighted by Gasteiger charge is -2.37. The van der Waals surface area contributed by atoms with Crippen LogP contribution >= 0.6 is 0 Å². The number of rotatable bonds is 17. The number of aldehydes is 1. The molecule has 0 aromatic rings. The number of carbonyl (C=O) groups excluding carboxylic acids is 1. The van der Waals surface area contributed by atoms with Crippen LogP contribution in [0.4, 0.5) is 0 Å². The number of hydrogen-bond donors (Lipinski definition) is 0. The minimum Gasteiger partial charge on any atom is -0.417 e. The fraction of sp³-hybridized carbons (Fsp3) is 0.962. The summed E-state index contributed by atoms with van der Waals surface area (Å²) in [5.41, 5.74) is 0. The summed E-state index contributed by atoms with van der Waals surface area (Å²) in [6.45, 7) is 22.0. The lowest BCUT2D eigenvalue weighted by atomic mass is 9.91. The zero-order chi connectivity index (χ0) is 22.5. The molecular formula is C26H54O2Si. The Bertz CT molecular complexity index is 413. The van der Waals surface area contributed by atoms with Gasteiger partial charge in [-0.15, -0.1) is 0 Å². The van der Waals surface area contributed by atoms with Crippen molar-refractivity contribution in [2.75, 3.05) is 6.61 Å². The minimum absolute atomic E-state index is 0.312. The van der Waals surface area contributed by atoms with Crippen LogP contribution in [0.3, 0.4) is 0 Å². The zero-order valence-corrected chi connectivity index (χ0v) is 22.5. The molecule has 0 spiro atoms. The van der Waals surface area contributed by atoms with Crippen molar-refractivity contribution in [2.45, 2.75) is 131 Å². The molecule has 2 nitrogen and oxygen atoms in total. The Labute approximate surface area is 185 Å². The van der Waals surface area contributed by atoms with Gasteiger partial charge in [0, 0.05) is 13.0 Å². The van der Waals surface area contributed by atoms with Crippen molar-refractivity contribution in [1.29, 1.82) is 0 Å². The highest BCUT2D eigenvalue weighted by Crippen LogP contribution is 2.37. The molecule has 0 amide bonds. The van der Waals surface area contributed by atoms with Gasteiger partial charge in [0.25, 0.3) is 0 Å². The standard InChI is InChI=1S/C26H54O2Si/c1-22(15-11-17-24(3)19-20-27)13-10-14-23(2)16-12-18-25(4)21-28-29(8,9)26(5,6)7/h20,22-25H,10-19,21H2,1-9H3/t22-,23+,24-,25+/m1/s1. The van der Waals surface area contributed by atoms with Gasteiger partial charge < -0.3 is 9.22 Å². The van der Waals surface area contributed by atoms with Crippen LogP contribution in [0.15, 0.2) is 0 Å². The highest BCUT2D eigenvalue weighted by molar-refractivity contribution is 6.74. The molecule has 3 heteroatoms. The fourth-order valence-corrected chi connectivity index (χ4v) is 4.80. The van der Waals surface area contributed by atoms with Gasteiger partial charge >= 0.3 is 0 Å². The molecule has 0 N–H and O–H groups in total. The van der Waals surface area contributed by atoms with E-state index in [1.54, 1.807) is 0 Å². The second kappa shape index (κ2) is 14.8. The summed E-state index contributed by atoms with van der Waals surface area (Å²) in [6.07, 6.45) is 13.7. The third-order valence-electron chi connectivity index (χ3n) is 7.22. The molecule has 0 aromatic carbocycles. The summed E-state index contributed by atoms with van der Waals surface area (Å²) in [7, 11) is -1.59. The van der Waals surface area contributed by atoms with Crippen LogP contribution in [0.25, 0.3) is 0 Å². The Balaban J connectivity index is 3.78. The van der Waals surface area contributed by atoms with E-state index < -0.39 is 8.32 Å². The van der Waals surface area contributed by atoms with Crippen LogP contribution in [0.2, 0.25) is 18.1 Å². The Morgan fingerprint density at radius 2 is 1.10 bits per heavy atom. The average Bonchev–Trinajstić information content (AvgIpc) is 2.59. The first-order chi connectivity index (χ1) is 13.4. The Kier molecular flexibility index (Phi) is 14.7. The maximum absolute atomic E-state index is 10.5. The number of carbonyl (C=O) groups is 1. The summed E-state index contributed by atoms with van der Waals surface area (Å²) in [5, 5.41) is 0.312. The second-order valence-corrected chi connectivity index (χ2v) is 16.5. The van der Waals surface area contributed by atoms with E-state index in [1.807, 2.05) is 0 Å². The molecule has 0 saturated heterocycles. The van der Waals surface area contributed by atoms with Crippen molar-refractivity contribution < 1.29 is 9.22 Å². The van der Waals surface area contributed by atoms with Crippen LogP contribution in [-0.4, -0.2) is 21.2 Å². The predicted molar refractivity (Wildman–Crippen MR) is 132 cm³/mol. The van der Waals surface area contributed by atoms with Crippen molar-refractivity contribution in [3.63, 3.8) is 0 Å². The van der Waals surface area contributed by atoms with E-state index in [9.17, 15) is 4.79 Å². The monoisotopic (exact) mass is 426 g/mol. The van der Waals surface area contributed by atoms with Crippen LogP contribution in [0, 0.1) is 23.7 Å². The van der Waals surface area contributed by atoms with Crippen LogP contribution < -0.4 is 0 Å². The molecule has 0 radical (unpaired) electrons. The van der Waals surface area contributed by atoms with E-state index in [0.717, 1.165) is 31.1 Å². The molecule has 174 valence electrons. The molecule has 0 saturated carbocycles.